The molecule has 0 aliphatic carbocycles. The summed E-state index contributed by atoms with van der Waals surface area (Å²) in [6, 6.07) is 2.95. The van der Waals surface area contributed by atoms with Crippen LogP contribution in [0.15, 0.2) is 12.1 Å². The molecule has 1 aromatic rings. The Labute approximate surface area is 123 Å². The van der Waals surface area contributed by atoms with Gasteiger partial charge in [-0.15, -0.1) is 0 Å². The van der Waals surface area contributed by atoms with Gasteiger partial charge in [0.05, 0.1) is 23.8 Å². The zero-order valence-corrected chi connectivity index (χ0v) is 11.5. The fourth-order valence-electron chi connectivity index (χ4n) is 1.67. The summed E-state index contributed by atoms with van der Waals surface area (Å²) in [5, 5.41) is 4.61. The lowest BCUT2D eigenvalue weighted by Gasteiger charge is -2.20. The Bertz CT molecular complexity index is 537. The fraction of sp³-hybridized carbons (Fsp3) is 0.417. The Morgan fingerprint density at radius 2 is 1.86 bits per heavy atom. The normalized spacial score (nSPS) is 13.9. The molecule has 1 aromatic carbocycles. The van der Waals surface area contributed by atoms with Crippen LogP contribution in [0.25, 0.3) is 0 Å². The van der Waals surface area contributed by atoms with E-state index in [1.165, 1.54) is 12.1 Å². The number of hydrogen-bond donors (Lipinski definition) is 2. The van der Waals surface area contributed by atoms with Gasteiger partial charge in [-0.05, 0) is 0 Å². The van der Waals surface area contributed by atoms with Crippen molar-refractivity contribution in [2.75, 3.05) is 31.6 Å². The van der Waals surface area contributed by atoms with E-state index in [1.54, 1.807) is 0 Å². The van der Waals surface area contributed by atoms with E-state index in [0.717, 1.165) is 0 Å². The highest BCUT2D eigenvalue weighted by molar-refractivity contribution is 6.34. The van der Waals surface area contributed by atoms with Gasteiger partial charge in [-0.3, -0.25) is 4.79 Å². The predicted octanol–water partition coefficient (Wildman–Crippen LogP) is 2.20. The number of benzene rings is 1. The minimum Gasteiger partial charge on any atom is -0.486 e. The highest BCUT2D eigenvalue weighted by Gasteiger charge is 2.26. The number of nitrogens with one attached hydrogen (secondary N) is 2. The molecule has 0 radical (unpaired) electrons. The van der Waals surface area contributed by atoms with Gasteiger partial charge in [-0.25, -0.2) is 0 Å². The van der Waals surface area contributed by atoms with Crippen molar-refractivity contribution >= 4 is 23.2 Å². The van der Waals surface area contributed by atoms with E-state index in [1.807, 2.05) is 5.32 Å². The number of ether oxygens (including phenoxy) is 2. The van der Waals surface area contributed by atoms with Crippen molar-refractivity contribution in [1.29, 1.82) is 0 Å². The Kier molecular flexibility index (Phi) is 4.79. The van der Waals surface area contributed by atoms with Gasteiger partial charge in [-0.1, -0.05) is 11.6 Å². The maximum absolute atomic E-state index is 11.9. The number of hydrogen-bond acceptors (Lipinski definition) is 4. The second-order valence-corrected chi connectivity index (χ2v) is 4.65. The number of fused-ring (bicyclic) bond motifs is 1. The van der Waals surface area contributed by atoms with Gasteiger partial charge in [0, 0.05) is 12.1 Å². The monoisotopic (exact) mass is 324 g/mol. The quantitative estimate of drug-likeness (QED) is 0.891. The molecule has 21 heavy (non-hydrogen) atoms. The molecule has 1 aliphatic rings. The van der Waals surface area contributed by atoms with E-state index in [0.29, 0.717) is 24.7 Å². The van der Waals surface area contributed by atoms with Gasteiger partial charge < -0.3 is 20.1 Å². The van der Waals surface area contributed by atoms with Gasteiger partial charge in [0.15, 0.2) is 11.5 Å². The van der Waals surface area contributed by atoms with E-state index < -0.39 is 25.2 Å². The van der Waals surface area contributed by atoms with Crippen molar-refractivity contribution in [3.63, 3.8) is 0 Å². The molecule has 9 heteroatoms. The summed E-state index contributed by atoms with van der Waals surface area (Å²) >= 11 is 5.96. The van der Waals surface area contributed by atoms with Crippen LogP contribution in [0.5, 0.6) is 11.5 Å². The Balaban J connectivity index is 1.94. The summed E-state index contributed by atoms with van der Waals surface area (Å²) in [5.74, 6) is 0.237. The molecule has 1 heterocycles. The maximum Gasteiger partial charge on any atom is 0.401 e. The number of carbonyl (C=O) groups excluding carboxylic acids is 1. The highest BCUT2D eigenvalue weighted by atomic mass is 35.5. The van der Waals surface area contributed by atoms with E-state index >= 15 is 0 Å². The molecule has 0 fully saturated rings. The van der Waals surface area contributed by atoms with Crippen molar-refractivity contribution in [3.05, 3.63) is 17.2 Å². The van der Waals surface area contributed by atoms with Crippen LogP contribution in [0.2, 0.25) is 5.02 Å². The lowest BCUT2D eigenvalue weighted by Crippen LogP contribution is -2.35. The van der Waals surface area contributed by atoms with Crippen LogP contribution >= 0.6 is 11.6 Å². The topological polar surface area (TPSA) is 59.6 Å². The minimum absolute atomic E-state index is 0.212. The zero-order valence-electron chi connectivity index (χ0n) is 10.7. The van der Waals surface area contributed by atoms with E-state index in [-0.39, 0.29) is 10.7 Å². The molecule has 0 spiro atoms. The molecule has 2 rings (SSSR count). The average Bonchev–Trinajstić information content (AvgIpc) is 2.38. The van der Waals surface area contributed by atoms with Crippen LogP contribution in [0, 0.1) is 0 Å². The third-order valence-corrected chi connectivity index (χ3v) is 2.83. The Morgan fingerprint density at radius 3 is 2.48 bits per heavy atom. The molecule has 1 amide bonds. The van der Waals surface area contributed by atoms with Crippen LogP contribution in [0.3, 0.4) is 0 Å². The Morgan fingerprint density at radius 1 is 1.24 bits per heavy atom. The van der Waals surface area contributed by atoms with Crippen LogP contribution in [0.1, 0.15) is 0 Å². The molecule has 116 valence electrons. The second kappa shape index (κ2) is 6.40. The second-order valence-electron chi connectivity index (χ2n) is 4.24. The standard InChI is InChI=1S/C12H12ClF3N2O3/c13-7-3-9-10(21-2-1-20-9)4-8(7)18-11(19)5-17-6-12(14,15)16/h3-4,17H,1-2,5-6H2,(H,18,19). The molecule has 1 aliphatic heterocycles. The number of carbonyl (C=O) groups is 1. The van der Waals surface area contributed by atoms with Crippen LogP contribution in [0.4, 0.5) is 18.9 Å². The van der Waals surface area contributed by atoms with Gasteiger partial charge in [0.1, 0.15) is 13.2 Å². The first-order chi connectivity index (χ1) is 9.85. The fourth-order valence-corrected chi connectivity index (χ4v) is 1.87. The van der Waals surface area contributed by atoms with Crippen LogP contribution in [-0.4, -0.2) is 38.4 Å². The molecule has 0 saturated carbocycles. The molecule has 0 atom stereocenters. The van der Waals surface area contributed by atoms with E-state index in [4.69, 9.17) is 21.1 Å². The largest absolute Gasteiger partial charge is 0.486 e. The summed E-state index contributed by atoms with van der Waals surface area (Å²) < 4.78 is 46.5. The molecule has 0 bridgehead atoms. The number of alkyl halides is 3. The lowest BCUT2D eigenvalue weighted by molar-refractivity contribution is -0.126. The molecule has 0 unspecified atom stereocenters. The molecule has 0 aromatic heterocycles. The van der Waals surface area contributed by atoms with Gasteiger partial charge >= 0.3 is 6.18 Å². The summed E-state index contributed by atoms with van der Waals surface area (Å²) in [6.07, 6.45) is -4.37. The van der Waals surface area contributed by atoms with Crippen molar-refractivity contribution < 1.29 is 27.4 Å². The molecular weight excluding hydrogens is 313 g/mol. The van der Waals surface area contributed by atoms with E-state index in [9.17, 15) is 18.0 Å². The first-order valence-corrected chi connectivity index (χ1v) is 6.39. The molecular formula is C12H12ClF3N2O3. The smallest absolute Gasteiger partial charge is 0.401 e. The SMILES string of the molecule is O=C(CNCC(F)(F)F)Nc1cc2c(cc1Cl)OCCO2. The van der Waals surface area contributed by atoms with E-state index in [2.05, 4.69) is 5.32 Å². The summed E-state index contributed by atoms with van der Waals surface area (Å²) in [5.41, 5.74) is 0.250. The third kappa shape index (κ3) is 4.68. The van der Waals surface area contributed by atoms with Crippen molar-refractivity contribution in [2.45, 2.75) is 6.18 Å². The molecule has 0 saturated heterocycles. The number of rotatable bonds is 4. The van der Waals surface area contributed by atoms with Crippen molar-refractivity contribution in [2.24, 2.45) is 0 Å². The first kappa shape index (κ1) is 15.7. The van der Waals surface area contributed by atoms with Gasteiger partial charge in [0.2, 0.25) is 5.91 Å². The predicted molar refractivity (Wildman–Crippen MR) is 70.0 cm³/mol. The summed E-state index contributed by atoms with van der Waals surface area (Å²) in [7, 11) is 0. The average molecular weight is 325 g/mol. The van der Waals surface area contributed by atoms with Crippen LogP contribution in [-0.2, 0) is 4.79 Å². The Hall–Kier alpha value is -1.67. The van der Waals surface area contributed by atoms with Gasteiger partial charge in [0.25, 0.3) is 0 Å². The lowest BCUT2D eigenvalue weighted by atomic mass is 10.2. The third-order valence-electron chi connectivity index (χ3n) is 2.52. The highest BCUT2D eigenvalue weighted by Crippen LogP contribution is 2.37. The zero-order chi connectivity index (χ0) is 15.5. The molecule has 5 nitrogen and oxygen atoms in total. The number of anilines is 1. The summed E-state index contributed by atoms with van der Waals surface area (Å²) in [6.45, 7) is -0.953. The maximum atomic E-state index is 11.9. The van der Waals surface area contributed by atoms with Crippen molar-refractivity contribution in [3.8, 4) is 11.5 Å². The minimum atomic E-state index is -4.37. The summed E-state index contributed by atoms with van der Waals surface area (Å²) in [4.78, 5) is 11.5. The molecule has 2 N–H and O–H groups in total. The first-order valence-electron chi connectivity index (χ1n) is 6.01. The number of halogens is 4. The number of amides is 1. The van der Waals surface area contributed by atoms with Crippen LogP contribution < -0.4 is 20.1 Å². The van der Waals surface area contributed by atoms with Crippen molar-refractivity contribution in [1.82, 2.24) is 5.32 Å². The van der Waals surface area contributed by atoms with Gasteiger partial charge in [-0.2, -0.15) is 13.2 Å².